The average Bonchev–Trinajstić information content (AvgIpc) is 3.26. The van der Waals surface area contributed by atoms with Crippen LogP contribution in [0.25, 0.3) is 11.6 Å². The Bertz CT molecular complexity index is 510. The second-order valence-corrected chi connectivity index (χ2v) is 4.54. The van der Waals surface area contributed by atoms with Crippen LogP contribution >= 0.6 is 0 Å². The zero-order valence-corrected chi connectivity index (χ0v) is 11.3. The summed E-state index contributed by atoms with van der Waals surface area (Å²) in [6.07, 6.45) is 8.21. The summed E-state index contributed by atoms with van der Waals surface area (Å²) < 4.78 is 9.79. The van der Waals surface area contributed by atoms with E-state index in [9.17, 15) is 4.79 Å². The molecule has 1 aromatic rings. The van der Waals surface area contributed by atoms with Crippen LogP contribution in [0, 0.1) is 5.92 Å². The third-order valence-electron chi connectivity index (χ3n) is 3.06. The van der Waals surface area contributed by atoms with E-state index in [0.29, 0.717) is 11.5 Å². The van der Waals surface area contributed by atoms with Crippen LogP contribution < -0.4 is 0 Å². The maximum absolute atomic E-state index is 11.8. The van der Waals surface area contributed by atoms with Crippen LogP contribution in [0.1, 0.15) is 24.0 Å². The van der Waals surface area contributed by atoms with Gasteiger partial charge in [-0.1, -0.05) is 36.4 Å². The summed E-state index contributed by atoms with van der Waals surface area (Å²) >= 11 is 0. The molecule has 0 aromatic heterocycles. The lowest BCUT2D eigenvalue weighted by atomic mass is 10.00. The lowest BCUT2D eigenvalue weighted by Crippen LogP contribution is -2.05. The van der Waals surface area contributed by atoms with E-state index in [1.165, 1.54) is 33.3 Å². The molecule has 1 aromatic carbocycles. The molecule has 1 fully saturated rings. The highest BCUT2D eigenvalue weighted by Crippen LogP contribution is 2.31. The summed E-state index contributed by atoms with van der Waals surface area (Å²) in [4.78, 5) is 11.8. The second-order valence-electron chi connectivity index (χ2n) is 4.54. The Hall–Kier alpha value is -2.03. The van der Waals surface area contributed by atoms with Gasteiger partial charge in [0.2, 0.25) is 0 Å². The fraction of sp³-hybridized carbons (Fsp3) is 0.312. The minimum atomic E-state index is -0.394. The SMILES string of the molecule is CO/C=C(/C(=O)OC)c1ccccc1/C=C/C1CC1. The van der Waals surface area contributed by atoms with Gasteiger partial charge < -0.3 is 9.47 Å². The van der Waals surface area contributed by atoms with Gasteiger partial charge in [-0.25, -0.2) is 4.79 Å². The van der Waals surface area contributed by atoms with Crippen molar-refractivity contribution in [2.45, 2.75) is 12.8 Å². The van der Waals surface area contributed by atoms with Crippen molar-refractivity contribution in [2.75, 3.05) is 14.2 Å². The first kappa shape index (κ1) is 13.4. The Morgan fingerprint density at radius 3 is 2.63 bits per heavy atom. The van der Waals surface area contributed by atoms with Crippen LogP contribution in [-0.2, 0) is 14.3 Å². The summed E-state index contributed by atoms with van der Waals surface area (Å²) in [7, 11) is 2.89. The van der Waals surface area contributed by atoms with Crippen molar-refractivity contribution in [3.8, 4) is 0 Å². The molecule has 2 rings (SSSR count). The molecule has 0 radical (unpaired) electrons. The van der Waals surface area contributed by atoms with Gasteiger partial charge in [0.25, 0.3) is 0 Å². The van der Waals surface area contributed by atoms with Crippen LogP contribution in [0.5, 0.6) is 0 Å². The molecule has 1 saturated carbocycles. The molecule has 19 heavy (non-hydrogen) atoms. The van der Waals surface area contributed by atoms with Crippen molar-refractivity contribution in [1.29, 1.82) is 0 Å². The first-order chi connectivity index (χ1) is 9.26. The quantitative estimate of drug-likeness (QED) is 0.462. The molecular formula is C16H18O3. The van der Waals surface area contributed by atoms with Crippen molar-refractivity contribution in [3.63, 3.8) is 0 Å². The number of hydrogen-bond donors (Lipinski definition) is 0. The third-order valence-corrected chi connectivity index (χ3v) is 3.06. The van der Waals surface area contributed by atoms with Gasteiger partial charge in [0, 0.05) is 0 Å². The van der Waals surface area contributed by atoms with Crippen molar-refractivity contribution >= 4 is 17.6 Å². The molecular weight excluding hydrogens is 240 g/mol. The minimum absolute atomic E-state index is 0.394. The molecule has 0 amide bonds. The minimum Gasteiger partial charge on any atom is -0.503 e. The van der Waals surface area contributed by atoms with Crippen LogP contribution in [0.2, 0.25) is 0 Å². The number of allylic oxidation sites excluding steroid dienone is 1. The lowest BCUT2D eigenvalue weighted by Gasteiger charge is -2.08. The molecule has 0 atom stereocenters. The lowest BCUT2D eigenvalue weighted by molar-refractivity contribution is -0.133. The number of methoxy groups -OCH3 is 2. The number of rotatable bonds is 5. The maximum Gasteiger partial charge on any atom is 0.341 e. The van der Waals surface area contributed by atoms with Gasteiger partial charge in [-0.2, -0.15) is 0 Å². The van der Waals surface area contributed by atoms with Gasteiger partial charge in [0.05, 0.1) is 20.5 Å². The number of hydrogen-bond acceptors (Lipinski definition) is 3. The summed E-state index contributed by atoms with van der Waals surface area (Å²) in [6.45, 7) is 0. The largest absolute Gasteiger partial charge is 0.503 e. The van der Waals surface area contributed by atoms with Gasteiger partial charge in [-0.15, -0.1) is 0 Å². The Labute approximate surface area is 113 Å². The number of ether oxygens (including phenoxy) is 2. The Balaban J connectivity index is 2.35. The van der Waals surface area contributed by atoms with E-state index in [0.717, 1.165) is 11.1 Å². The van der Waals surface area contributed by atoms with E-state index in [2.05, 4.69) is 12.2 Å². The predicted molar refractivity (Wildman–Crippen MR) is 75.2 cm³/mol. The Morgan fingerprint density at radius 2 is 2.00 bits per heavy atom. The molecule has 0 bridgehead atoms. The molecule has 0 unspecified atom stereocenters. The van der Waals surface area contributed by atoms with E-state index < -0.39 is 5.97 Å². The fourth-order valence-corrected chi connectivity index (χ4v) is 1.87. The van der Waals surface area contributed by atoms with Crippen LogP contribution in [0.3, 0.4) is 0 Å². The van der Waals surface area contributed by atoms with Crippen molar-refractivity contribution in [3.05, 3.63) is 47.7 Å². The molecule has 1 aliphatic carbocycles. The molecule has 3 nitrogen and oxygen atoms in total. The first-order valence-corrected chi connectivity index (χ1v) is 6.35. The second kappa shape index (κ2) is 6.23. The molecule has 1 aliphatic rings. The van der Waals surface area contributed by atoms with Gasteiger partial charge in [0.15, 0.2) is 0 Å². The normalized spacial score (nSPS) is 15.6. The highest BCUT2D eigenvalue weighted by atomic mass is 16.5. The molecule has 0 saturated heterocycles. The predicted octanol–water partition coefficient (Wildman–Crippen LogP) is 3.27. The summed E-state index contributed by atoms with van der Waals surface area (Å²) in [5.74, 6) is 0.301. The molecule has 0 spiro atoms. The van der Waals surface area contributed by atoms with Crippen molar-refractivity contribution < 1.29 is 14.3 Å². The first-order valence-electron chi connectivity index (χ1n) is 6.35. The number of esters is 1. The number of carbonyl (C=O) groups excluding carboxylic acids is 1. The van der Waals surface area contributed by atoms with E-state index in [-0.39, 0.29) is 0 Å². The summed E-state index contributed by atoms with van der Waals surface area (Å²) in [6, 6.07) is 7.74. The van der Waals surface area contributed by atoms with E-state index in [4.69, 9.17) is 9.47 Å². The third kappa shape index (κ3) is 3.47. The topological polar surface area (TPSA) is 35.5 Å². The van der Waals surface area contributed by atoms with Crippen LogP contribution in [0.4, 0.5) is 0 Å². The zero-order chi connectivity index (χ0) is 13.7. The number of carbonyl (C=O) groups is 1. The van der Waals surface area contributed by atoms with Gasteiger partial charge in [-0.3, -0.25) is 0 Å². The average molecular weight is 258 g/mol. The zero-order valence-electron chi connectivity index (χ0n) is 11.3. The monoisotopic (exact) mass is 258 g/mol. The molecule has 0 aliphatic heterocycles. The molecule has 100 valence electrons. The van der Waals surface area contributed by atoms with Crippen molar-refractivity contribution in [1.82, 2.24) is 0 Å². The van der Waals surface area contributed by atoms with Crippen LogP contribution in [0.15, 0.2) is 36.6 Å². The fourth-order valence-electron chi connectivity index (χ4n) is 1.87. The standard InChI is InChI=1S/C16H18O3/c1-18-11-15(16(17)19-2)14-6-4-3-5-13(14)10-9-12-7-8-12/h3-6,9-12H,7-8H2,1-2H3/b10-9+,15-11+. The Kier molecular flexibility index (Phi) is 4.39. The van der Waals surface area contributed by atoms with Gasteiger partial charge in [0.1, 0.15) is 5.57 Å². The molecule has 0 N–H and O–H groups in total. The summed E-state index contributed by atoms with van der Waals surface area (Å²) in [5.41, 5.74) is 2.26. The van der Waals surface area contributed by atoms with Gasteiger partial charge >= 0.3 is 5.97 Å². The summed E-state index contributed by atoms with van der Waals surface area (Å²) in [5, 5.41) is 0. The Morgan fingerprint density at radius 1 is 1.26 bits per heavy atom. The number of benzene rings is 1. The highest BCUT2D eigenvalue weighted by Gasteiger charge is 2.18. The van der Waals surface area contributed by atoms with Crippen molar-refractivity contribution in [2.24, 2.45) is 5.92 Å². The highest BCUT2D eigenvalue weighted by molar-refractivity contribution is 6.17. The van der Waals surface area contributed by atoms with E-state index >= 15 is 0 Å². The van der Waals surface area contributed by atoms with E-state index in [1.54, 1.807) is 0 Å². The smallest absolute Gasteiger partial charge is 0.341 e. The van der Waals surface area contributed by atoms with E-state index in [1.807, 2.05) is 24.3 Å². The molecule has 3 heteroatoms. The molecule has 0 heterocycles. The van der Waals surface area contributed by atoms with Crippen LogP contribution in [-0.4, -0.2) is 20.2 Å². The van der Waals surface area contributed by atoms with Gasteiger partial charge in [-0.05, 0) is 29.9 Å². The maximum atomic E-state index is 11.8.